The first-order chi connectivity index (χ1) is 8.35. The Hall–Kier alpha value is -1.50. The van der Waals surface area contributed by atoms with E-state index in [1.54, 1.807) is 0 Å². The zero-order valence-corrected chi connectivity index (χ0v) is 13.7. The summed E-state index contributed by atoms with van der Waals surface area (Å²) in [7, 11) is 0. The summed E-state index contributed by atoms with van der Waals surface area (Å²) < 4.78 is 5.75. The molecule has 0 unspecified atom stereocenters. The summed E-state index contributed by atoms with van der Waals surface area (Å²) in [4.78, 5) is 8.24. The van der Waals surface area contributed by atoms with E-state index in [-0.39, 0.29) is 27.3 Å². The van der Waals surface area contributed by atoms with Crippen LogP contribution in [-0.2, 0) is 32.1 Å². The average molecular weight is 339 g/mol. The van der Waals surface area contributed by atoms with Crippen molar-refractivity contribution in [2.45, 2.75) is 0 Å². The van der Waals surface area contributed by atoms with Crippen LogP contribution in [-0.4, -0.2) is 11.6 Å². The molecule has 0 bridgehead atoms. The molecule has 1 heterocycles. The molecule has 3 nitrogen and oxygen atoms in total. The summed E-state index contributed by atoms with van der Waals surface area (Å²) in [6.45, 7) is 0.500. The van der Waals surface area contributed by atoms with Crippen LogP contribution in [0.15, 0.2) is 48.5 Å². The first-order valence-corrected chi connectivity index (χ1v) is 5.07. The van der Waals surface area contributed by atoms with Crippen molar-refractivity contribution in [2.75, 3.05) is 0 Å². The predicted molar refractivity (Wildman–Crippen MR) is 63.8 cm³/mol. The molecular weight excluding hydrogens is 329 g/mol. The minimum atomic E-state index is 0. The molecule has 3 rings (SSSR count). The molecule has 2 aromatic carbocycles. The van der Waals surface area contributed by atoms with E-state index in [1.165, 1.54) is 0 Å². The Morgan fingerprint density at radius 2 is 1.33 bits per heavy atom. The largest absolute Gasteiger partial charge is 2.00 e. The maximum Gasteiger partial charge on any atom is 2.00 e. The summed E-state index contributed by atoms with van der Waals surface area (Å²) in [6, 6.07) is 16.1. The van der Waals surface area contributed by atoms with Gasteiger partial charge < -0.3 is 14.6 Å². The van der Waals surface area contributed by atoms with E-state index in [4.69, 9.17) is 14.6 Å². The van der Waals surface area contributed by atoms with Crippen LogP contribution in [0.2, 0.25) is 0 Å². The maximum absolute atomic E-state index is 8.24. The van der Waals surface area contributed by atoms with Gasteiger partial charge in [-0.15, -0.1) is 18.6 Å². The van der Waals surface area contributed by atoms with Crippen molar-refractivity contribution in [1.82, 2.24) is 0 Å². The summed E-state index contributed by atoms with van der Waals surface area (Å²) >= 11 is 0. The van der Waals surface area contributed by atoms with Crippen molar-refractivity contribution >= 4 is 6.47 Å². The second-order valence-corrected chi connectivity index (χ2v) is 3.41. The minimum absolute atomic E-state index is 0. The van der Waals surface area contributed by atoms with Gasteiger partial charge >= 0.3 is 27.3 Å². The van der Waals surface area contributed by atoms with E-state index in [9.17, 15) is 0 Å². The Bertz CT molecular complexity index is 438. The van der Waals surface area contributed by atoms with Crippen LogP contribution in [0.5, 0.6) is 11.5 Å². The van der Waals surface area contributed by atoms with Crippen molar-refractivity contribution < 1.29 is 41.9 Å². The van der Waals surface area contributed by atoms with Crippen LogP contribution in [0, 0.1) is 6.42 Å². The van der Waals surface area contributed by atoms with Crippen molar-refractivity contribution in [3.05, 3.63) is 66.1 Å². The molecular formula is C14H10CdO3. The first-order valence-electron chi connectivity index (χ1n) is 5.07. The molecule has 0 saturated carbocycles. The van der Waals surface area contributed by atoms with Crippen molar-refractivity contribution in [2.24, 2.45) is 0 Å². The Labute approximate surface area is 126 Å². The van der Waals surface area contributed by atoms with E-state index >= 15 is 0 Å². The molecule has 18 heavy (non-hydrogen) atoms. The molecule has 86 valence electrons. The molecule has 0 aromatic heterocycles. The molecule has 1 aliphatic heterocycles. The van der Waals surface area contributed by atoms with E-state index < -0.39 is 0 Å². The number of hydrogen-bond donors (Lipinski definition) is 1. The number of ether oxygens (including phenoxy) is 1. The average Bonchev–Trinajstić information content (AvgIpc) is 2.37. The van der Waals surface area contributed by atoms with Crippen LogP contribution >= 0.6 is 0 Å². The van der Waals surface area contributed by atoms with E-state index in [2.05, 4.69) is 18.6 Å². The third kappa shape index (κ3) is 3.25. The summed E-state index contributed by atoms with van der Waals surface area (Å²) in [5.41, 5.74) is 2.29. The fourth-order valence-electron chi connectivity index (χ4n) is 1.67. The monoisotopic (exact) mass is 340 g/mol. The number of aliphatic hydroxyl groups excluding tert-OH is 1. The van der Waals surface area contributed by atoms with Crippen LogP contribution < -0.4 is 4.74 Å². The molecule has 0 radical (unpaired) electrons. The van der Waals surface area contributed by atoms with Crippen molar-refractivity contribution in [1.29, 1.82) is 0 Å². The first kappa shape index (κ1) is 14.6. The van der Waals surface area contributed by atoms with Crippen LogP contribution in [0.1, 0.15) is 11.1 Å². The van der Waals surface area contributed by atoms with Gasteiger partial charge in [-0.2, -0.15) is 0 Å². The van der Waals surface area contributed by atoms with Gasteiger partial charge in [0.2, 0.25) is 0 Å². The summed E-state index contributed by atoms with van der Waals surface area (Å²) in [6.07, 6.45) is 2.15. The third-order valence-corrected chi connectivity index (χ3v) is 2.37. The Morgan fingerprint density at radius 1 is 0.944 bits per heavy atom. The third-order valence-electron chi connectivity index (χ3n) is 2.37. The van der Waals surface area contributed by atoms with Crippen LogP contribution in [0.4, 0.5) is 0 Å². The smallest absolute Gasteiger partial charge is 0.665 e. The number of benzene rings is 2. The van der Waals surface area contributed by atoms with Gasteiger partial charge in [0.1, 0.15) is 0 Å². The Kier molecular flexibility index (Phi) is 5.71. The second-order valence-electron chi connectivity index (χ2n) is 3.41. The molecule has 0 aliphatic carbocycles. The molecule has 0 amide bonds. The number of para-hydroxylation sites is 2. The molecule has 0 atom stereocenters. The van der Waals surface area contributed by atoms with Crippen molar-refractivity contribution in [3.63, 3.8) is 0 Å². The zero-order valence-electron chi connectivity index (χ0n) is 9.67. The standard InChI is InChI=1S/C13H9O.CHO2.Cd/c1-3-7-12-10(5-1)9-11-6-2-4-8-13(11)14-12;2-1-3;/h1-9H;(H,2,3);/q2*-1;+2. The molecule has 4 heteroatoms. The minimum Gasteiger partial charge on any atom is -0.665 e. The van der Waals surface area contributed by atoms with Gasteiger partial charge in [0, 0.05) is 0 Å². The fourth-order valence-corrected chi connectivity index (χ4v) is 1.67. The van der Waals surface area contributed by atoms with Gasteiger partial charge in [0.25, 0.3) is 0 Å². The van der Waals surface area contributed by atoms with Gasteiger partial charge in [-0.05, 0) is 0 Å². The van der Waals surface area contributed by atoms with Gasteiger partial charge in [0.05, 0.1) is 11.5 Å². The number of rotatable bonds is 0. The van der Waals surface area contributed by atoms with Gasteiger partial charge in [0.15, 0.2) is 0 Å². The second kappa shape index (κ2) is 7.05. The topological polar surface area (TPSA) is 46.5 Å². The zero-order chi connectivity index (χ0) is 12.1. The molecule has 0 spiro atoms. The maximum atomic E-state index is 8.24. The Balaban J connectivity index is 0.000000372. The molecule has 0 fully saturated rings. The number of fused-ring (bicyclic) bond motifs is 2. The normalized spacial score (nSPS) is 10.0. The summed E-state index contributed by atoms with van der Waals surface area (Å²) in [5, 5.41) is 6.76. The predicted octanol–water partition coefficient (Wildman–Crippen LogP) is 3.00. The number of hydrogen-bond acceptors (Lipinski definition) is 2. The van der Waals surface area contributed by atoms with Gasteiger partial charge in [-0.1, -0.05) is 54.0 Å². The molecule has 1 aliphatic rings. The van der Waals surface area contributed by atoms with E-state index in [0.29, 0.717) is 6.47 Å². The SMILES string of the molecule is O=[C-]O.[Cd+2].c1ccc2c(c1)[CH-]c1ccccc1O2. The summed E-state index contributed by atoms with van der Waals surface area (Å²) in [5.74, 6) is 1.87. The van der Waals surface area contributed by atoms with Gasteiger partial charge in [-0.25, -0.2) is 0 Å². The quantitative estimate of drug-likeness (QED) is 0.506. The van der Waals surface area contributed by atoms with Gasteiger partial charge in [-0.3, -0.25) is 0 Å². The molecule has 0 saturated heterocycles. The van der Waals surface area contributed by atoms with Crippen molar-refractivity contribution in [3.8, 4) is 11.5 Å². The van der Waals surface area contributed by atoms with E-state index in [0.717, 1.165) is 22.6 Å². The molecule has 2 aromatic rings. The fraction of sp³-hybridized carbons (Fsp3) is 0. The van der Waals surface area contributed by atoms with E-state index in [1.807, 2.05) is 36.4 Å². The molecule has 1 N–H and O–H groups in total. The van der Waals surface area contributed by atoms with Crippen LogP contribution in [0.3, 0.4) is 0 Å². The Morgan fingerprint density at radius 3 is 1.78 bits per heavy atom. The van der Waals surface area contributed by atoms with Crippen LogP contribution in [0.25, 0.3) is 0 Å².